The zero-order valence-corrected chi connectivity index (χ0v) is 24.0. The minimum atomic E-state index is -5.89. The van der Waals surface area contributed by atoms with Crippen molar-refractivity contribution in [3.63, 3.8) is 0 Å². The fraction of sp³-hybridized carbons (Fsp3) is 0.867. The zero-order chi connectivity index (χ0) is 30.4. The molecule has 0 bridgehead atoms. The SMILES string of the molecule is CC(C)(O)CCC[C@](C)(CC(O)(C(F)(F)F)C(F)(F)F)[C@H]1CCC2/C(=C/C=C3CC(O)C[C@H](O)C3)CCC[C@@]21C. The number of fused-ring (bicyclic) bond motifs is 1. The maximum atomic E-state index is 13.9. The summed E-state index contributed by atoms with van der Waals surface area (Å²) in [5.41, 5.74) is -6.00. The Morgan fingerprint density at radius 3 is 1.98 bits per heavy atom. The van der Waals surface area contributed by atoms with Gasteiger partial charge in [-0.2, -0.15) is 26.3 Å². The summed E-state index contributed by atoms with van der Waals surface area (Å²) in [6.45, 7) is 6.53. The average molecular weight is 585 g/mol. The first kappa shape index (κ1) is 33.4. The number of alkyl halides is 6. The van der Waals surface area contributed by atoms with E-state index < -0.39 is 58.9 Å². The molecule has 4 N–H and O–H groups in total. The van der Waals surface area contributed by atoms with Crippen LogP contribution in [0.2, 0.25) is 0 Å². The van der Waals surface area contributed by atoms with Crippen LogP contribution in [0.1, 0.15) is 105 Å². The van der Waals surface area contributed by atoms with Crippen LogP contribution in [0.5, 0.6) is 0 Å². The lowest BCUT2D eigenvalue weighted by Crippen LogP contribution is -2.60. The van der Waals surface area contributed by atoms with Crippen LogP contribution >= 0.6 is 0 Å². The van der Waals surface area contributed by atoms with Crippen LogP contribution in [0.15, 0.2) is 23.3 Å². The Kier molecular flexibility index (Phi) is 9.63. The molecule has 0 spiro atoms. The van der Waals surface area contributed by atoms with Crippen molar-refractivity contribution < 1.29 is 46.8 Å². The van der Waals surface area contributed by atoms with Crippen molar-refractivity contribution in [2.75, 3.05) is 0 Å². The van der Waals surface area contributed by atoms with Gasteiger partial charge in [-0.3, -0.25) is 0 Å². The molecule has 0 amide bonds. The Morgan fingerprint density at radius 2 is 1.45 bits per heavy atom. The van der Waals surface area contributed by atoms with Crippen molar-refractivity contribution in [1.82, 2.24) is 0 Å². The van der Waals surface area contributed by atoms with E-state index in [0.29, 0.717) is 38.5 Å². The molecule has 0 aromatic heterocycles. The second-order valence-corrected chi connectivity index (χ2v) is 13.9. The average Bonchev–Trinajstić information content (AvgIpc) is 3.13. The molecule has 0 saturated heterocycles. The van der Waals surface area contributed by atoms with Crippen molar-refractivity contribution in [2.24, 2.45) is 22.7 Å². The molecule has 3 rings (SSSR count). The van der Waals surface area contributed by atoms with E-state index in [1.54, 1.807) is 13.8 Å². The first-order valence-electron chi connectivity index (χ1n) is 14.4. The van der Waals surface area contributed by atoms with Gasteiger partial charge in [0.25, 0.3) is 5.60 Å². The third-order valence-electron chi connectivity index (χ3n) is 10.0. The highest BCUT2D eigenvalue weighted by Crippen LogP contribution is 2.65. The second-order valence-electron chi connectivity index (χ2n) is 13.9. The van der Waals surface area contributed by atoms with Crippen LogP contribution in [0, 0.1) is 22.7 Å². The highest BCUT2D eigenvalue weighted by atomic mass is 19.4. The lowest BCUT2D eigenvalue weighted by atomic mass is 9.54. The molecule has 10 heteroatoms. The number of hydrogen-bond acceptors (Lipinski definition) is 4. The summed E-state index contributed by atoms with van der Waals surface area (Å²) in [5.74, 6) is -0.530. The molecular formula is C30H46F6O4. The van der Waals surface area contributed by atoms with Gasteiger partial charge in [-0.05, 0) is 107 Å². The first-order valence-corrected chi connectivity index (χ1v) is 14.4. The molecule has 6 atom stereocenters. The molecule has 3 saturated carbocycles. The quantitative estimate of drug-likeness (QED) is 0.228. The van der Waals surface area contributed by atoms with Crippen molar-refractivity contribution in [3.05, 3.63) is 23.3 Å². The van der Waals surface area contributed by atoms with Gasteiger partial charge in [0.2, 0.25) is 0 Å². The van der Waals surface area contributed by atoms with Gasteiger partial charge >= 0.3 is 12.4 Å². The van der Waals surface area contributed by atoms with Gasteiger partial charge in [-0.1, -0.05) is 43.6 Å². The number of aliphatic hydroxyl groups excluding tert-OH is 2. The van der Waals surface area contributed by atoms with E-state index in [-0.39, 0.29) is 25.2 Å². The van der Waals surface area contributed by atoms with E-state index in [4.69, 9.17) is 0 Å². The Morgan fingerprint density at radius 1 is 0.875 bits per heavy atom. The highest BCUT2D eigenvalue weighted by molar-refractivity contribution is 5.27. The number of hydrogen-bond donors (Lipinski definition) is 4. The maximum absolute atomic E-state index is 13.9. The van der Waals surface area contributed by atoms with E-state index in [9.17, 15) is 46.8 Å². The molecule has 3 aliphatic rings. The Hall–Kier alpha value is -1.10. The van der Waals surface area contributed by atoms with Gasteiger partial charge in [-0.25, -0.2) is 0 Å². The van der Waals surface area contributed by atoms with Gasteiger partial charge in [0, 0.05) is 0 Å². The number of halogens is 6. The molecule has 0 radical (unpaired) electrons. The number of aliphatic hydroxyl groups is 4. The van der Waals surface area contributed by atoms with Crippen LogP contribution in [0.4, 0.5) is 26.3 Å². The molecular weight excluding hydrogens is 538 g/mol. The summed E-state index contributed by atoms with van der Waals surface area (Å²) in [6.07, 6.45) is -5.68. The van der Waals surface area contributed by atoms with Crippen molar-refractivity contribution in [1.29, 1.82) is 0 Å². The summed E-state index contributed by atoms with van der Waals surface area (Å²) < 4.78 is 83.3. The predicted octanol–water partition coefficient (Wildman–Crippen LogP) is 7.15. The monoisotopic (exact) mass is 584 g/mol. The minimum absolute atomic E-state index is 0.0112. The molecule has 40 heavy (non-hydrogen) atoms. The van der Waals surface area contributed by atoms with Gasteiger partial charge < -0.3 is 20.4 Å². The third kappa shape index (κ3) is 7.09. The lowest BCUT2D eigenvalue weighted by molar-refractivity contribution is -0.378. The van der Waals surface area contributed by atoms with E-state index in [1.807, 2.05) is 19.1 Å². The first-order chi connectivity index (χ1) is 18.1. The van der Waals surface area contributed by atoms with Crippen LogP contribution in [-0.4, -0.2) is 56.2 Å². The minimum Gasteiger partial charge on any atom is -0.393 e. The Bertz CT molecular complexity index is 923. The molecule has 0 aromatic carbocycles. The Labute approximate surface area is 233 Å². The number of rotatable bonds is 8. The normalized spacial score (nSPS) is 34.2. The molecule has 2 unspecified atom stereocenters. The van der Waals surface area contributed by atoms with Crippen LogP contribution in [-0.2, 0) is 0 Å². The highest BCUT2D eigenvalue weighted by Gasteiger charge is 2.72. The van der Waals surface area contributed by atoms with Gasteiger partial charge in [0.05, 0.1) is 17.8 Å². The lowest BCUT2D eigenvalue weighted by Gasteiger charge is -2.51. The fourth-order valence-electron chi connectivity index (χ4n) is 8.17. The molecule has 0 heterocycles. The number of allylic oxidation sites excluding steroid dienone is 3. The summed E-state index contributed by atoms with van der Waals surface area (Å²) in [4.78, 5) is 0. The van der Waals surface area contributed by atoms with E-state index >= 15 is 0 Å². The summed E-state index contributed by atoms with van der Waals surface area (Å²) in [5, 5.41) is 40.5. The molecule has 0 aliphatic heterocycles. The fourth-order valence-corrected chi connectivity index (χ4v) is 8.17. The molecule has 4 nitrogen and oxygen atoms in total. The van der Waals surface area contributed by atoms with Crippen molar-refractivity contribution in [2.45, 2.75) is 141 Å². The zero-order valence-electron chi connectivity index (χ0n) is 24.0. The van der Waals surface area contributed by atoms with Crippen LogP contribution in [0.25, 0.3) is 0 Å². The largest absolute Gasteiger partial charge is 0.426 e. The molecule has 3 fully saturated rings. The second kappa shape index (κ2) is 11.5. The third-order valence-corrected chi connectivity index (χ3v) is 10.0. The topological polar surface area (TPSA) is 80.9 Å². The van der Waals surface area contributed by atoms with Crippen LogP contribution in [0.3, 0.4) is 0 Å². The standard InChI is InChI=1S/C30H46F6O4/c1-25(2,39)12-6-13-26(3,18-28(40,29(31,32)33)30(34,35)36)24-11-10-23-20(7-5-14-27(23,24)4)9-8-19-15-21(37)17-22(38)16-19/h8-9,21-24,37-40H,5-7,10-18H2,1-4H3/b19-8?,20-9+/t21-,22?,23?,24-,26-,27+/m1/s1. The van der Waals surface area contributed by atoms with E-state index in [0.717, 1.165) is 24.0 Å². The molecule has 0 aromatic rings. The van der Waals surface area contributed by atoms with E-state index in [2.05, 4.69) is 0 Å². The van der Waals surface area contributed by atoms with Crippen molar-refractivity contribution in [3.8, 4) is 0 Å². The van der Waals surface area contributed by atoms with Crippen molar-refractivity contribution >= 4 is 0 Å². The van der Waals surface area contributed by atoms with Gasteiger partial charge in [0.15, 0.2) is 0 Å². The smallest absolute Gasteiger partial charge is 0.393 e. The van der Waals surface area contributed by atoms with Gasteiger partial charge in [-0.15, -0.1) is 0 Å². The van der Waals surface area contributed by atoms with Gasteiger partial charge in [0.1, 0.15) is 0 Å². The maximum Gasteiger partial charge on any atom is 0.426 e. The van der Waals surface area contributed by atoms with E-state index in [1.165, 1.54) is 6.92 Å². The molecule has 232 valence electrons. The Balaban J connectivity index is 1.97. The molecule has 3 aliphatic carbocycles. The summed E-state index contributed by atoms with van der Waals surface area (Å²) >= 11 is 0. The summed E-state index contributed by atoms with van der Waals surface area (Å²) in [7, 11) is 0. The van der Waals surface area contributed by atoms with Crippen LogP contribution < -0.4 is 0 Å². The predicted molar refractivity (Wildman–Crippen MR) is 140 cm³/mol. The summed E-state index contributed by atoms with van der Waals surface area (Å²) in [6, 6.07) is 0.